The molecule has 78 heavy (non-hydrogen) atoms. The molecule has 0 aromatic heterocycles. The van der Waals surface area contributed by atoms with Crippen LogP contribution in [0.25, 0.3) is 0 Å². The maximum atomic E-state index is 14.5. The molecule has 1 aromatic carbocycles. The third kappa shape index (κ3) is 15.4. The number of hydrogen-bond donors (Lipinski definition) is 7. The molecule has 0 radical (unpaired) electrons. The summed E-state index contributed by atoms with van der Waals surface area (Å²) >= 11 is 0. The molecule has 4 aliphatic heterocycles. The molecule has 4 fully saturated rings. The highest BCUT2D eigenvalue weighted by molar-refractivity contribution is 7.89. The van der Waals surface area contributed by atoms with Crippen LogP contribution in [0.1, 0.15) is 108 Å². The van der Waals surface area contributed by atoms with Crippen molar-refractivity contribution in [3.05, 3.63) is 36.2 Å². The molecular weight excluding hydrogens is 1030 g/mol. The number of ether oxygens (including phenoxy) is 7. The summed E-state index contributed by atoms with van der Waals surface area (Å²) in [6, 6.07) is 4.91. The lowest BCUT2D eigenvalue weighted by Gasteiger charge is -2.49. The fourth-order valence-corrected chi connectivity index (χ4v) is 12.7. The van der Waals surface area contributed by atoms with Crippen molar-refractivity contribution in [3.8, 4) is 0 Å². The molecule has 9 N–H and O–H groups in total. The number of nitrogens with zero attached hydrogens (tertiary/aromatic N) is 5. The molecule has 24 heteroatoms. The van der Waals surface area contributed by atoms with Crippen molar-refractivity contribution in [2.24, 2.45) is 29.3 Å². The molecular formula is C54H95N7O16S. The molecule has 5 rings (SSSR count). The number of hydrazine groups is 1. The summed E-state index contributed by atoms with van der Waals surface area (Å²) < 4.78 is 70.0. The number of likely N-dealkylation sites (N-methyl/N-ethyl adjacent to an activating group) is 2. The van der Waals surface area contributed by atoms with E-state index in [0.717, 1.165) is 4.31 Å². The monoisotopic (exact) mass is 1130 g/mol. The van der Waals surface area contributed by atoms with E-state index in [2.05, 4.69) is 0 Å². The van der Waals surface area contributed by atoms with Crippen molar-refractivity contribution < 1.29 is 76.7 Å². The van der Waals surface area contributed by atoms with Crippen LogP contribution in [-0.2, 0) is 48.0 Å². The number of anilines is 1. The number of carbonyl (C=O) groups excluding carboxylic acids is 2. The molecule has 4 aliphatic rings. The third-order valence-corrected chi connectivity index (χ3v) is 18.5. The fourth-order valence-electron chi connectivity index (χ4n) is 11.8. The maximum Gasteiger partial charge on any atom is 0.414 e. The van der Waals surface area contributed by atoms with Crippen LogP contribution in [0.5, 0.6) is 0 Å². The molecule has 4 heterocycles. The lowest BCUT2D eigenvalue weighted by Crippen LogP contribution is -2.60. The van der Waals surface area contributed by atoms with E-state index in [1.165, 1.54) is 50.2 Å². The molecule has 0 aliphatic carbocycles. The zero-order valence-corrected chi connectivity index (χ0v) is 49.5. The van der Waals surface area contributed by atoms with Gasteiger partial charge >= 0.3 is 12.1 Å². The van der Waals surface area contributed by atoms with Crippen LogP contribution in [0.2, 0.25) is 0 Å². The van der Waals surface area contributed by atoms with Gasteiger partial charge in [0.1, 0.15) is 36.1 Å². The van der Waals surface area contributed by atoms with Crippen LogP contribution in [-0.4, -0.2) is 223 Å². The van der Waals surface area contributed by atoms with Gasteiger partial charge in [-0.3, -0.25) is 9.69 Å². The van der Waals surface area contributed by atoms with Gasteiger partial charge in [0.25, 0.3) is 0 Å². The topological polar surface area (TPSA) is 302 Å². The highest BCUT2D eigenvalue weighted by Crippen LogP contribution is 2.40. The SMILES string of the molecule is CC[C@H]1OC(=O)[C@H](C)[C@@H](O[C@H]2C[C@@](C)(OC)[C@@H](O)[C@H](C)O2)[C@H](C)[C@@H](O[C@@H]2O[C@H](C)C[C@H](N(C)CCC/C(N)=C/N(N)C[C@H]3CN(c4ccc(S(=O)(=O)N(C)C)cc4)C(=O)O3)[C@H]2O)[C@](C)(O)C[C@@H](C)CN(C)[C@H](C)[C@@H](O)[C@]1(C)O. The lowest BCUT2D eigenvalue weighted by molar-refractivity contribution is -0.318. The molecule has 0 spiro atoms. The van der Waals surface area contributed by atoms with Crippen molar-refractivity contribution in [2.45, 2.75) is 209 Å². The Bertz CT molecular complexity index is 2260. The van der Waals surface area contributed by atoms with E-state index in [-0.39, 0.29) is 43.2 Å². The fraction of sp³-hybridized carbons (Fsp3) is 0.815. The molecule has 0 unspecified atom stereocenters. The second-order valence-electron chi connectivity index (χ2n) is 23.6. The summed E-state index contributed by atoms with van der Waals surface area (Å²) in [5.41, 5.74) is 2.79. The first-order valence-electron chi connectivity index (χ1n) is 27.4. The molecule has 1 aromatic rings. The largest absolute Gasteiger partial charge is 0.459 e. The number of nitrogens with two attached hydrogens (primary N) is 2. The predicted molar refractivity (Wildman–Crippen MR) is 290 cm³/mol. The van der Waals surface area contributed by atoms with E-state index < -0.39 is 130 Å². The van der Waals surface area contributed by atoms with Gasteiger partial charge in [-0.25, -0.2) is 23.4 Å². The number of aliphatic hydroxyl groups is 5. The van der Waals surface area contributed by atoms with E-state index in [1.54, 1.807) is 66.8 Å². The Morgan fingerprint density at radius 1 is 0.923 bits per heavy atom. The minimum Gasteiger partial charge on any atom is -0.459 e. The smallest absolute Gasteiger partial charge is 0.414 e. The number of cyclic esters (lactones) is 2. The van der Waals surface area contributed by atoms with Gasteiger partial charge in [0.2, 0.25) is 10.0 Å². The van der Waals surface area contributed by atoms with Crippen molar-refractivity contribution in [1.82, 2.24) is 19.1 Å². The Balaban J connectivity index is 1.33. The minimum atomic E-state index is -3.64. The second-order valence-corrected chi connectivity index (χ2v) is 25.7. The number of aliphatic hydroxyl groups excluding tert-OH is 3. The Labute approximate surface area is 463 Å². The Hall–Kier alpha value is -3.31. The van der Waals surface area contributed by atoms with Crippen LogP contribution >= 0.6 is 0 Å². The highest BCUT2D eigenvalue weighted by Gasteiger charge is 2.53. The Morgan fingerprint density at radius 3 is 2.17 bits per heavy atom. The van der Waals surface area contributed by atoms with Crippen molar-refractivity contribution in [3.63, 3.8) is 0 Å². The van der Waals surface area contributed by atoms with E-state index in [0.29, 0.717) is 43.7 Å². The summed E-state index contributed by atoms with van der Waals surface area (Å²) in [6.07, 6.45) is -8.11. The number of benzene rings is 1. The summed E-state index contributed by atoms with van der Waals surface area (Å²) in [5.74, 6) is 3.43. The number of hydrogen-bond acceptors (Lipinski definition) is 21. The summed E-state index contributed by atoms with van der Waals surface area (Å²) in [4.78, 5) is 32.7. The van der Waals surface area contributed by atoms with Gasteiger partial charge in [0.15, 0.2) is 12.6 Å². The standard InChI is InChI=1S/C54H95N7O16S/c1-16-42-54(10,68)46(63)35(6)59(14)27-31(2)25-52(8,67)48(33(4)45(34(5)49(65)75-42)76-43-26-53(9,71-15)47(64)36(7)73-43)77-50-44(62)41(24-32(3)72-50)58(13)23-17-18-37(55)28-60(56)29-39-30-61(51(66)74-39)38-19-21-40(22-20-38)78(69,70)57(11)12/h19-22,28,31-36,39,41-48,50,62-64,67-68H,16-18,23-27,29-30,55-56H2,1-15H3/b37-28-/t31-,32-,33+,34-,35-,36+,39+,41+,42-,43+,44-,45+,46-,47+,48-,50+,52-,53-,54-/m1/s1. The Morgan fingerprint density at radius 2 is 1.56 bits per heavy atom. The summed E-state index contributed by atoms with van der Waals surface area (Å²) in [7, 11) is 4.44. The summed E-state index contributed by atoms with van der Waals surface area (Å²) in [6.45, 7) is 18.6. The first kappa shape index (κ1) is 65.5. The predicted octanol–water partition coefficient (Wildman–Crippen LogP) is 2.30. The van der Waals surface area contributed by atoms with Gasteiger partial charge in [0.05, 0.1) is 59.5 Å². The average molecular weight is 1130 g/mol. The molecule has 0 bridgehead atoms. The Kier molecular flexibility index (Phi) is 22.4. The van der Waals surface area contributed by atoms with E-state index in [9.17, 15) is 43.5 Å². The third-order valence-electron chi connectivity index (χ3n) is 16.6. The maximum absolute atomic E-state index is 14.5. The summed E-state index contributed by atoms with van der Waals surface area (Å²) in [5, 5.41) is 61.1. The zero-order chi connectivity index (χ0) is 58.6. The number of methoxy groups -OCH3 is 1. The van der Waals surface area contributed by atoms with Gasteiger partial charge in [-0.05, 0) is 131 Å². The molecule has 448 valence electrons. The van der Waals surface area contributed by atoms with Gasteiger partial charge < -0.3 is 79.2 Å². The normalized spacial score (nSPS) is 39.4. The van der Waals surface area contributed by atoms with Crippen molar-refractivity contribution in [1.29, 1.82) is 0 Å². The molecule has 23 nitrogen and oxygen atoms in total. The first-order valence-corrected chi connectivity index (χ1v) is 28.9. The van der Waals surface area contributed by atoms with Gasteiger partial charge in [-0.1, -0.05) is 20.8 Å². The van der Waals surface area contributed by atoms with E-state index >= 15 is 0 Å². The van der Waals surface area contributed by atoms with Crippen molar-refractivity contribution in [2.75, 3.05) is 66.4 Å². The number of carbonyl (C=O) groups is 2. The van der Waals surface area contributed by atoms with Crippen LogP contribution in [0.4, 0.5) is 10.5 Å². The quantitative estimate of drug-likeness (QED) is 0.0669. The molecule has 1 amide bonds. The number of amides is 1. The minimum absolute atomic E-state index is 0.0768. The first-order chi connectivity index (χ1) is 36.2. The number of rotatable bonds is 17. The van der Waals surface area contributed by atoms with Gasteiger partial charge in [0, 0.05) is 69.8 Å². The second kappa shape index (κ2) is 26.7. The zero-order valence-electron chi connectivity index (χ0n) is 48.7. The average Bonchev–Trinajstić information content (AvgIpc) is 3.73. The van der Waals surface area contributed by atoms with E-state index in [1.807, 2.05) is 37.7 Å². The van der Waals surface area contributed by atoms with Crippen LogP contribution < -0.4 is 16.5 Å². The molecule has 0 saturated carbocycles. The van der Waals surface area contributed by atoms with Crippen molar-refractivity contribution >= 4 is 27.8 Å². The lowest BCUT2D eigenvalue weighted by atomic mass is 9.77. The highest BCUT2D eigenvalue weighted by atomic mass is 32.2. The number of esters is 1. The molecule has 19 atom stereocenters. The van der Waals surface area contributed by atoms with Crippen LogP contribution in [0.3, 0.4) is 0 Å². The van der Waals surface area contributed by atoms with Gasteiger partial charge in [-0.2, -0.15) is 0 Å². The number of sulfonamides is 1. The van der Waals surface area contributed by atoms with E-state index in [4.69, 9.17) is 44.7 Å². The van der Waals surface area contributed by atoms with Crippen LogP contribution in [0.15, 0.2) is 41.1 Å². The van der Waals surface area contributed by atoms with Crippen LogP contribution in [0, 0.1) is 17.8 Å². The number of allylic oxidation sites excluding steroid dienone is 1. The molecule has 4 saturated heterocycles. The van der Waals surface area contributed by atoms with Gasteiger partial charge in [-0.15, -0.1) is 0 Å².